The van der Waals surface area contributed by atoms with Crippen LogP contribution in [0.5, 0.6) is 0 Å². The summed E-state index contributed by atoms with van der Waals surface area (Å²) >= 11 is 0. The minimum absolute atomic E-state index is 0.167. The van der Waals surface area contributed by atoms with Gasteiger partial charge >= 0.3 is 0 Å². The van der Waals surface area contributed by atoms with Gasteiger partial charge in [-0.25, -0.2) is 8.42 Å². The summed E-state index contributed by atoms with van der Waals surface area (Å²) in [5.74, 6) is 0.587. The van der Waals surface area contributed by atoms with Crippen molar-refractivity contribution in [2.45, 2.75) is 65.0 Å². The van der Waals surface area contributed by atoms with E-state index < -0.39 is 9.84 Å². The number of piperazine rings is 1. The molecule has 20 heavy (non-hydrogen) atoms. The van der Waals surface area contributed by atoms with E-state index in [1.165, 1.54) is 12.8 Å². The fourth-order valence-corrected chi connectivity index (χ4v) is 3.76. The Hall–Kier alpha value is -0.130. The quantitative estimate of drug-likeness (QED) is 0.746. The topological polar surface area (TPSA) is 49.4 Å². The average Bonchev–Trinajstić information content (AvgIpc) is 2.42. The standard InChI is InChI=1S/C15H32N2O2S/c1-5-9-14-12-17(15(4,6-2)13-16-14)10-8-11-20(18,19)7-3/h14,16H,5-13H2,1-4H3. The Bertz CT molecular complexity index is 383. The smallest absolute Gasteiger partial charge is 0.150 e. The molecular weight excluding hydrogens is 272 g/mol. The summed E-state index contributed by atoms with van der Waals surface area (Å²) in [6, 6.07) is 0.558. The second-order valence-electron chi connectivity index (χ2n) is 6.25. The zero-order valence-corrected chi connectivity index (χ0v) is 14.4. The zero-order valence-electron chi connectivity index (χ0n) is 13.6. The van der Waals surface area contributed by atoms with E-state index in [0.29, 0.717) is 11.8 Å². The molecule has 1 aliphatic rings. The molecule has 0 spiro atoms. The van der Waals surface area contributed by atoms with Crippen molar-refractivity contribution in [3.63, 3.8) is 0 Å². The second-order valence-corrected chi connectivity index (χ2v) is 8.73. The van der Waals surface area contributed by atoms with E-state index >= 15 is 0 Å². The molecule has 0 aromatic carbocycles. The molecule has 1 fully saturated rings. The molecule has 5 heteroatoms. The van der Waals surface area contributed by atoms with E-state index in [9.17, 15) is 8.42 Å². The Kier molecular flexibility index (Phi) is 6.95. The minimum atomic E-state index is -2.83. The molecule has 2 unspecified atom stereocenters. The van der Waals surface area contributed by atoms with E-state index in [4.69, 9.17) is 0 Å². The first-order valence-corrected chi connectivity index (χ1v) is 9.88. The molecule has 2 atom stereocenters. The Labute approximate surface area is 125 Å². The molecule has 0 saturated carbocycles. The number of nitrogens with zero attached hydrogens (tertiary/aromatic N) is 1. The molecule has 120 valence electrons. The number of rotatable bonds is 8. The third-order valence-electron chi connectivity index (χ3n) is 4.70. The van der Waals surface area contributed by atoms with E-state index in [1.807, 2.05) is 0 Å². The van der Waals surface area contributed by atoms with Crippen LogP contribution >= 0.6 is 0 Å². The Balaban J connectivity index is 2.57. The molecule has 1 N–H and O–H groups in total. The third-order valence-corrected chi connectivity index (χ3v) is 6.49. The highest BCUT2D eigenvalue weighted by Gasteiger charge is 2.35. The highest BCUT2D eigenvalue weighted by atomic mass is 32.2. The van der Waals surface area contributed by atoms with Gasteiger partial charge in [-0.2, -0.15) is 0 Å². The van der Waals surface area contributed by atoms with Crippen LogP contribution in [-0.2, 0) is 9.84 Å². The molecule has 4 nitrogen and oxygen atoms in total. The zero-order chi connectivity index (χ0) is 15.2. The van der Waals surface area contributed by atoms with Crippen LogP contribution < -0.4 is 5.32 Å². The van der Waals surface area contributed by atoms with Gasteiger partial charge in [0, 0.05) is 30.4 Å². The summed E-state index contributed by atoms with van der Waals surface area (Å²) in [5, 5.41) is 3.65. The van der Waals surface area contributed by atoms with E-state index in [0.717, 1.165) is 32.5 Å². The Morgan fingerprint density at radius 1 is 1.30 bits per heavy atom. The molecule has 0 aromatic heterocycles. The highest BCUT2D eigenvalue weighted by molar-refractivity contribution is 7.91. The van der Waals surface area contributed by atoms with Crippen molar-refractivity contribution >= 4 is 9.84 Å². The van der Waals surface area contributed by atoms with Crippen LogP contribution in [0.25, 0.3) is 0 Å². The summed E-state index contributed by atoms with van der Waals surface area (Å²) in [5.41, 5.74) is 0.167. The molecule has 1 rings (SSSR count). The van der Waals surface area contributed by atoms with Crippen molar-refractivity contribution in [1.82, 2.24) is 10.2 Å². The molecule has 0 aliphatic carbocycles. The first-order chi connectivity index (χ1) is 9.37. The SMILES string of the molecule is CCCC1CN(CCCS(=O)(=O)CC)C(C)(CC)CN1. The van der Waals surface area contributed by atoms with Crippen LogP contribution in [-0.4, -0.2) is 56.0 Å². The number of nitrogens with one attached hydrogen (secondary N) is 1. The van der Waals surface area contributed by atoms with Gasteiger partial charge < -0.3 is 5.32 Å². The minimum Gasteiger partial charge on any atom is -0.311 e. The van der Waals surface area contributed by atoms with Crippen LogP contribution in [0, 0.1) is 0 Å². The van der Waals surface area contributed by atoms with Crippen LogP contribution in [0.3, 0.4) is 0 Å². The van der Waals surface area contributed by atoms with Crippen molar-refractivity contribution < 1.29 is 8.42 Å². The second kappa shape index (κ2) is 7.76. The maximum absolute atomic E-state index is 11.6. The molecule has 0 radical (unpaired) electrons. The van der Waals surface area contributed by atoms with Gasteiger partial charge in [-0.3, -0.25) is 4.90 Å². The van der Waals surface area contributed by atoms with Crippen molar-refractivity contribution in [3.05, 3.63) is 0 Å². The van der Waals surface area contributed by atoms with Gasteiger partial charge in [0.2, 0.25) is 0 Å². The normalized spacial score (nSPS) is 28.7. The molecule has 1 saturated heterocycles. The highest BCUT2D eigenvalue weighted by Crippen LogP contribution is 2.24. The van der Waals surface area contributed by atoms with Gasteiger partial charge in [-0.1, -0.05) is 27.2 Å². The van der Waals surface area contributed by atoms with E-state index in [2.05, 4.69) is 31.0 Å². The summed E-state index contributed by atoms with van der Waals surface area (Å²) in [4.78, 5) is 2.51. The van der Waals surface area contributed by atoms with Crippen molar-refractivity contribution in [3.8, 4) is 0 Å². The first-order valence-electron chi connectivity index (χ1n) is 8.05. The summed E-state index contributed by atoms with van der Waals surface area (Å²) in [6.07, 6.45) is 4.24. The number of hydrogen-bond donors (Lipinski definition) is 1. The average molecular weight is 305 g/mol. The lowest BCUT2D eigenvalue weighted by molar-refractivity contribution is 0.0472. The van der Waals surface area contributed by atoms with Crippen LogP contribution in [0.1, 0.15) is 53.4 Å². The lowest BCUT2D eigenvalue weighted by atomic mass is 9.91. The molecule has 1 heterocycles. The van der Waals surface area contributed by atoms with Gasteiger partial charge in [-0.15, -0.1) is 0 Å². The molecule has 0 bridgehead atoms. The Morgan fingerprint density at radius 3 is 2.55 bits per heavy atom. The number of hydrogen-bond acceptors (Lipinski definition) is 4. The molecule has 0 aromatic rings. The van der Waals surface area contributed by atoms with Crippen molar-refractivity contribution in [1.29, 1.82) is 0 Å². The fraction of sp³-hybridized carbons (Fsp3) is 1.00. The fourth-order valence-electron chi connectivity index (χ4n) is 2.90. The maximum Gasteiger partial charge on any atom is 0.150 e. The Morgan fingerprint density at radius 2 is 2.00 bits per heavy atom. The van der Waals surface area contributed by atoms with Crippen LogP contribution in [0.2, 0.25) is 0 Å². The summed E-state index contributed by atoms with van der Waals surface area (Å²) < 4.78 is 23.2. The van der Waals surface area contributed by atoms with Gasteiger partial charge in [0.05, 0.1) is 5.75 Å². The maximum atomic E-state index is 11.6. The molecular formula is C15H32N2O2S. The van der Waals surface area contributed by atoms with Crippen molar-refractivity contribution in [2.75, 3.05) is 31.1 Å². The lowest BCUT2D eigenvalue weighted by Crippen LogP contribution is -2.63. The monoisotopic (exact) mass is 304 g/mol. The van der Waals surface area contributed by atoms with Crippen LogP contribution in [0.15, 0.2) is 0 Å². The van der Waals surface area contributed by atoms with Crippen molar-refractivity contribution in [2.24, 2.45) is 0 Å². The lowest BCUT2D eigenvalue weighted by Gasteiger charge is -2.48. The molecule has 0 amide bonds. The third kappa shape index (κ3) is 5.01. The van der Waals surface area contributed by atoms with E-state index in [1.54, 1.807) is 6.92 Å². The molecule has 1 aliphatic heterocycles. The first kappa shape index (κ1) is 17.9. The predicted molar refractivity (Wildman–Crippen MR) is 85.9 cm³/mol. The van der Waals surface area contributed by atoms with Gasteiger partial charge in [0.1, 0.15) is 9.84 Å². The van der Waals surface area contributed by atoms with Crippen LogP contribution in [0.4, 0.5) is 0 Å². The predicted octanol–water partition coefficient (Wildman–Crippen LogP) is 2.05. The van der Waals surface area contributed by atoms with E-state index in [-0.39, 0.29) is 11.3 Å². The number of sulfone groups is 1. The largest absolute Gasteiger partial charge is 0.311 e. The van der Waals surface area contributed by atoms with Gasteiger partial charge in [0.25, 0.3) is 0 Å². The summed E-state index contributed by atoms with van der Waals surface area (Å²) in [7, 11) is -2.83. The van der Waals surface area contributed by atoms with Gasteiger partial charge in [-0.05, 0) is 32.7 Å². The van der Waals surface area contributed by atoms with Gasteiger partial charge in [0.15, 0.2) is 0 Å². The summed E-state index contributed by atoms with van der Waals surface area (Å²) in [6.45, 7) is 11.4.